The van der Waals surface area contributed by atoms with E-state index in [4.69, 9.17) is 4.74 Å². The maximum Gasteiger partial charge on any atom is 0.341 e. The molecule has 1 fully saturated rings. The smallest absolute Gasteiger partial charge is 0.341 e. The highest BCUT2D eigenvalue weighted by molar-refractivity contribution is 7.16. The van der Waals surface area contributed by atoms with Crippen LogP contribution in [0.1, 0.15) is 60.8 Å². The number of carbonyl (C=O) groups is 3. The second kappa shape index (κ2) is 8.66. The number of hydrogen-bond donors (Lipinski definition) is 2. The Labute approximate surface area is 158 Å². The van der Waals surface area contributed by atoms with Crippen molar-refractivity contribution in [2.24, 2.45) is 11.8 Å². The van der Waals surface area contributed by atoms with Gasteiger partial charge in [0.2, 0.25) is 5.91 Å². The second-order valence-electron chi connectivity index (χ2n) is 7.19. The lowest BCUT2D eigenvalue weighted by atomic mass is 9.78. The minimum Gasteiger partial charge on any atom is -0.452 e. The summed E-state index contributed by atoms with van der Waals surface area (Å²) in [6, 6.07) is 0.130. The van der Waals surface area contributed by atoms with Crippen LogP contribution in [0.4, 0.5) is 5.00 Å². The first-order chi connectivity index (χ1) is 12.2. The van der Waals surface area contributed by atoms with Crippen molar-refractivity contribution in [3.63, 3.8) is 0 Å². The summed E-state index contributed by atoms with van der Waals surface area (Å²) in [6.45, 7) is 9.11. The van der Waals surface area contributed by atoms with E-state index in [-0.39, 0.29) is 24.5 Å². The van der Waals surface area contributed by atoms with Crippen LogP contribution >= 0.6 is 11.3 Å². The van der Waals surface area contributed by atoms with Crippen LogP contribution in [0.2, 0.25) is 0 Å². The van der Waals surface area contributed by atoms with Gasteiger partial charge in [-0.2, -0.15) is 0 Å². The van der Waals surface area contributed by atoms with Gasteiger partial charge in [0.1, 0.15) is 5.00 Å². The second-order valence-corrected chi connectivity index (χ2v) is 8.41. The van der Waals surface area contributed by atoms with Crippen LogP contribution in [0.25, 0.3) is 0 Å². The Balaban J connectivity index is 1.96. The third kappa shape index (κ3) is 4.84. The number of anilines is 1. The fourth-order valence-electron chi connectivity index (χ4n) is 3.36. The third-order valence-corrected chi connectivity index (χ3v) is 6.39. The van der Waals surface area contributed by atoms with Crippen LogP contribution in [-0.4, -0.2) is 30.4 Å². The summed E-state index contributed by atoms with van der Waals surface area (Å²) < 4.78 is 5.21. The Morgan fingerprint density at radius 3 is 2.54 bits per heavy atom. The molecule has 1 aromatic rings. The summed E-state index contributed by atoms with van der Waals surface area (Å²) in [4.78, 5) is 36.9. The first-order valence-corrected chi connectivity index (χ1v) is 9.86. The number of amides is 2. The number of carbonyl (C=O) groups excluding carboxylic acids is 3. The standard InChI is InChI=1S/C19H28N2O4S/c1-10-7-6-8-15(11(10)2)21-16(23)9-25-19(24)17-12(3)13(4)26-18(17)20-14(5)22/h10-11,15H,6-9H2,1-5H3,(H,20,22)(H,21,23)/t10-,11-,15-/m0/s1. The molecule has 1 saturated carbocycles. The van der Waals surface area contributed by atoms with E-state index >= 15 is 0 Å². The van der Waals surface area contributed by atoms with Crippen molar-refractivity contribution < 1.29 is 19.1 Å². The molecular formula is C19H28N2O4S. The molecule has 1 aliphatic rings. The quantitative estimate of drug-likeness (QED) is 0.767. The van der Waals surface area contributed by atoms with Gasteiger partial charge in [-0.3, -0.25) is 9.59 Å². The monoisotopic (exact) mass is 380 g/mol. The van der Waals surface area contributed by atoms with Gasteiger partial charge in [-0.05, 0) is 37.7 Å². The number of nitrogens with one attached hydrogen (secondary N) is 2. The minimum atomic E-state index is -0.587. The van der Waals surface area contributed by atoms with E-state index in [1.807, 2.05) is 6.92 Å². The molecule has 0 unspecified atom stereocenters. The van der Waals surface area contributed by atoms with Crippen molar-refractivity contribution in [1.29, 1.82) is 0 Å². The summed E-state index contributed by atoms with van der Waals surface area (Å²) in [5, 5.41) is 6.11. The number of hydrogen-bond acceptors (Lipinski definition) is 5. The van der Waals surface area contributed by atoms with Gasteiger partial charge < -0.3 is 15.4 Å². The van der Waals surface area contributed by atoms with Crippen LogP contribution in [0, 0.1) is 25.7 Å². The van der Waals surface area contributed by atoms with E-state index in [0.29, 0.717) is 22.4 Å². The molecule has 26 heavy (non-hydrogen) atoms. The molecule has 6 nitrogen and oxygen atoms in total. The molecule has 3 atom stereocenters. The molecule has 1 heterocycles. The van der Waals surface area contributed by atoms with Crippen molar-refractivity contribution in [3.05, 3.63) is 16.0 Å². The zero-order valence-corrected chi connectivity index (χ0v) is 16.9. The molecule has 2 rings (SSSR count). The Bertz CT molecular complexity index is 698. The summed E-state index contributed by atoms with van der Waals surface area (Å²) >= 11 is 1.33. The molecule has 0 aromatic carbocycles. The molecule has 144 valence electrons. The molecule has 0 aliphatic heterocycles. The van der Waals surface area contributed by atoms with Crippen LogP contribution < -0.4 is 10.6 Å². The Morgan fingerprint density at radius 1 is 1.19 bits per heavy atom. The number of aryl methyl sites for hydroxylation is 1. The van der Waals surface area contributed by atoms with Gasteiger partial charge in [0, 0.05) is 17.8 Å². The van der Waals surface area contributed by atoms with E-state index in [0.717, 1.165) is 23.3 Å². The first kappa shape index (κ1) is 20.4. The topological polar surface area (TPSA) is 84.5 Å². The van der Waals surface area contributed by atoms with Crippen molar-refractivity contribution in [3.8, 4) is 0 Å². The predicted molar refractivity (Wildman–Crippen MR) is 102 cm³/mol. The molecule has 1 aromatic heterocycles. The van der Waals surface area contributed by atoms with Gasteiger partial charge in [0.15, 0.2) is 6.61 Å². The highest BCUT2D eigenvalue weighted by atomic mass is 32.1. The molecule has 0 saturated heterocycles. The SMILES string of the molecule is CC(=O)Nc1sc(C)c(C)c1C(=O)OCC(=O)N[C@H]1CCC[C@H](C)[C@@H]1C. The van der Waals surface area contributed by atoms with Crippen LogP contribution in [0.5, 0.6) is 0 Å². The normalized spacial score (nSPS) is 22.6. The molecule has 7 heteroatoms. The highest BCUT2D eigenvalue weighted by Gasteiger charge is 2.28. The number of ether oxygens (including phenoxy) is 1. The Kier molecular flexibility index (Phi) is 6.81. The van der Waals surface area contributed by atoms with Gasteiger partial charge in [-0.1, -0.05) is 26.7 Å². The lowest BCUT2D eigenvalue weighted by Gasteiger charge is -2.34. The molecule has 1 aliphatic carbocycles. The zero-order chi connectivity index (χ0) is 19.4. The van der Waals surface area contributed by atoms with Crippen LogP contribution in [0.3, 0.4) is 0 Å². The van der Waals surface area contributed by atoms with Gasteiger partial charge in [-0.25, -0.2) is 4.79 Å². The molecule has 2 N–H and O–H groups in total. The molecular weight excluding hydrogens is 352 g/mol. The van der Waals surface area contributed by atoms with E-state index < -0.39 is 5.97 Å². The summed E-state index contributed by atoms with van der Waals surface area (Å²) in [6.07, 6.45) is 3.25. The molecule has 0 bridgehead atoms. The Morgan fingerprint density at radius 2 is 1.88 bits per heavy atom. The van der Waals surface area contributed by atoms with Gasteiger partial charge in [0.05, 0.1) is 5.56 Å². The van der Waals surface area contributed by atoms with E-state index in [1.165, 1.54) is 24.7 Å². The molecule has 0 spiro atoms. The lowest BCUT2D eigenvalue weighted by molar-refractivity contribution is -0.125. The minimum absolute atomic E-state index is 0.130. The summed E-state index contributed by atoms with van der Waals surface area (Å²) in [5.41, 5.74) is 1.09. The fraction of sp³-hybridized carbons (Fsp3) is 0.632. The van der Waals surface area contributed by atoms with Crippen molar-refractivity contribution in [2.75, 3.05) is 11.9 Å². The average Bonchev–Trinajstić information content (AvgIpc) is 2.83. The van der Waals surface area contributed by atoms with Gasteiger partial charge in [-0.15, -0.1) is 11.3 Å². The predicted octanol–water partition coefficient (Wildman–Crippen LogP) is 3.42. The van der Waals surface area contributed by atoms with E-state index in [2.05, 4.69) is 24.5 Å². The van der Waals surface area contributed by atoms with Crippen LogP contribution in [0.15, 0.2) is 0 Å². The molecule has 2 amide bonds. The zero-order valence-electron chi connectivity index (χ0n) is 16.1. The van der Waals surface area contributed by atoms with E-state index in [1.54, 1.807) is 6.92 Å². The summed E-state index contributed by atoms with van der Waals surface area (Å²) in [5.74, 6) is -0.131. The van der Waals surface area contributed by atoms with Crippen molar-refractivity contribution in [2.45, 2.75) is 59.9 Å². The summed E-state index contributed by atoms with van der Waals surface area (Å²) in [7, 11) is 0. The van der Waals surface area contributed by atoms with E-state index in [9.17, 15) is 14.4 Å². The van der Waals surface area contributed by atoms with Crippen molar-refractivity contribution in [1.82, 2.24) is 5.32 Å². The fourth-order valence-corrected chi connectivity index (χ4v) is 4.45. The lowest BCUT2D eigenvalue weighted by Crippen LogP contribution is -2.45. The van der Waals surface area contributed by atoms with Crippen LogP contribution in [-0.2, 0) is 14.3 Å². The molecule has 0 radical (unpaired) electrons. The number of rotatable bonds is 5. The van der Waals surface area contributed by atoms with Gasteiger partial charge in [0.25, 0.3) is 5.91 Å². The average molecular weight is 381 g/mol. The highest BCUT2D eigenvalue weighted by Crippen LogP contribution is 2.33. The number of esters is 1. The van der Waals surface area contributed by atoms with Gasteiger partial charge >= 0.3 is 5.97 Å². The Hall–Kier alpha value is -1.89. The largest absolute Gasteiger partial charge is 0.452 e. The number of thiophene rings is 1. The maximum absolute atomic E-state index is 12.4. The third-order valence-electron chi connectivity index (χ3n) is 5.27. The maximum atomic E-state index is 12.4. The van der Waals surface area contributed by atoms with Crippen molar-refractivity contribution >= 4 is 34.1 Å². The first-order valence-electron chi connectivity index (χ1n) is 9.04.